The smallest absolute Gasteiger partial charge is 0.336 e. The van der Waals surface area contributed by atoms with Gasteiger partial charge in [-0.05, 0) is 31.2 Å². The molecule has 0 saturated carbocycles. The van der Waals surface area contributed by atoms with E-state index in [1.165, 1.54) is 31.2 Å². The maximum absolute atomic E-state index is 12.4. The number of ketones is 1. The fourth-order valence-electron chi connectivity index (χ4n) is 1.93. The zero-order valence-corrected chi connectivity index (χ0v) is 13.5. The molecule has 0 amide bonds. The normalized spacial score (nSPS) is 10.7. The van der Waals surface area contributed by atoms with E-state index in [-0.39, 0.29) is 21.9 Å². The van der Waals surface area contributed by atoms with E-state index in [0.717, 1.165) is 5.56 Å². The van der Waals surface area contributed by atoms with Crippen molar-refractivity contribution in [2.45, 2.75) is 18.7 Å². The fourth-order valence-corrected chi connectivity index (χ4v) is 3.01. The molecule has 118 valence electrons. The number of sulfonamides is 1. The average molecular weight is 329 g/mol. The van der Waals surface area contributed by atoms with Crippen molar-refractivity contribution < 1.29 is 18.0 Å². The van der Waals surface area contributed by atoms with Crippen molar-refractivity contribution in [3.8, 4) is 0 Å². The van der Waals surface area contributed by atoms with E-state index in [1.54, 1.807) is 24.3 Å². The summed E-state index contributed by atoms with van der Waals surface area (Å²) < 4.78 is 27.2. The lowest BCUT2D eigenvalue weighted by molar-refractivity contribution is -0.00677. The summed E-state index contributed by atoms with van der Waals surface area (Å²) in [6.07, 6.45) is 0. The highest BCUT2D eigenvalue weighted by atomic mass is 32.2. The summed E-state index contributed by atoms with van der Waals surface area (Å²) in [5.41, 5.74) is 9.76. The lowest BCUT2D eigenvalue weighted by Gasteiger charge is -2.11. The Labute approximate surface area is 134 Å². The number of para-hydroxylation sites is 1. The van der Waals surface area contributed by atoms with E-state index in [0.29, 0.717) is 0 Å². The van der Waals surface area contributed by atoms with Crippen LogP contribution in [0.25, 0.3) is 5.53 Å². The quantitative estimate of drug-likeness (QED) is 0.395. The van der Waals surface area contributed by atoms with Gasteiger partial charge in [0.05, 0.1) is 16.1 Å². The molecule has 0 aromatic heterocycles. The number of carbonyl (C=O) groups is 1. The Kier molecular flexibility index (Phi) is 4.74. The van der Waals surface area contributed by atoms with Crippen LogP contribution in [0.15, 0.2) is 53.4 Å². The van der Waals surface area contributed by atoms with Gasteiger partial charge in [0.1, 0.15) is 0 Å². The van der Waals surface area contributed by atoms with Crippen molar-refractivity contribution in [2.24, 2.45) is 0 Å². The maximum atomic E-state index is 12.4. The molecule has 0 unspecified atom stereocenters. The van der Waals surface area contributed by atoms with Gasteiger partial charge >= 0.3 is 5.71 Å². The van der Waals surface area contributed by atoms with Gasteiger partial charge in [-0.15, -0.1) is 0 Å². The number of nitrogens with one attached hydrogen (secondary N) is 1. The molecule has 2 rings (SSSR count). The first-order valence-corrected chi connectivity index (χ1v) is 8.25. The SMILES string of the molecule is CC(=[N+]=[N-])C(=O)c1ccccc1NS(=O)(=O)c1ccc(C)cc1. The predicted octanol–water partition coefficient (Wildman–Crippen LogP) is 2.67. The molecule has 0 atom stereocenters. The highest BCUT2D eigenvalue weighted by Crippen LogP contribution is 2.21. The molecule has 0 spiro atoms. The van der Waals surface area contributed by atoms with Gasteiger partial charge in [0.2, 0.25) is 0 Å². The first kappa shape index (κ1) is 16.6. The number of rotatable bonds is 5. The molecule has 0 heterocycles. The monoisotopic (exact) mass is 329 g/mol. The second-order valence-corrected chi connectivity index (χ2v) is 6.66. The first-order valence-electron chi connectivity index (χ1n) is 6.77. The number of carbonyl (C=O) groups excluding carboxylic acids is 1. The summed E-state index contributed by atoms with van der Waals surface area (Å²) in [7, 11) is -3.82. The second kappa shape index (κ2) is 6.56. The molecule has 2 aromatic rings. The summed E-state index contributed by atoms with van der Waals surface area (Å²) in [6.45, 7) is 3.20. The molecule has 0 fully saturated rings. The molecule has 0 bridgehead atoms. The van der Waals surface area contributed by atoms with E-state index in [1.807, 2.05) is 6.92 Å². The third-order valence-corrected chi connectivity index (χ3v) is 4.61. The van der Waals surface area contributed by atoms with Crippen LogP contribution in [0.1, 0.15) is 22.8 Å². The number of hydrogen-bond donors (Lipinski definition) is 1. The minimum Gasteiger partial charge on any atom is -0.361 e. The van der Waals surface area contributed by atoms with Gasteiger partial charge in [-0.1, -0.05) is 29.8 Å². The molecule has 23 heavy (non-hydrogen) atoms. The van der Waals surface area contributed by atoms with Crippen LogP contribution in [0.2, 0.25) is 0 Å². The van der Waals surface area contributed by atoms with Gasteiger partial charge in [0.15, 0.2) is 0 Å². The first-order chi connectivity index (χ1) is 10.8. The molecule has 0 aliphatic rings. The minimum atomic E-state index is -3.82. The summed E-state index contributed by atoms with van der Waals surface area (Å²) in [5, 5.41) is 0. The van der Waals surface area contributed by atoms with E-state index in [4.69, 9.17) is 5.53 Å². The third kappa shape index (κ3) is 3.71. The van der Waals surface area contributed by atoms with Crippen LogP contribution in [0.5, 0.6) is 0 Å². The second-order valence-electron chi connectivity index (χ2n) is 4.98. The Morgan fingerprint density at radius 2 is 1.70 bits per heavy atom. The molecule has 0 radical (unpaired) electrons. The number of hydrogen-bond acceptors (Lipinski definition) is 3. The highest BCUT2D eigenvalue weighted by molar-refractivity contribution is 7.92. The number of aryl methyl sites for hydroxylation is 1. The summed E-state index contributed by atoms with van der Waals surface area (Å²) in [5.74, 6) is -0.560. The Morgan fingerprint density at radius 1 is 1.09 bits per heavy atom. The summed E-state index contributed by atoms with van der Waals surface area (Å²) in [4.78, 5) is 15.1. The summed E-state index contributed by atoms with van der Waals surface area (Å²) in [6, 6.07) is 12.5. The van der Waals surface area contributed by atoms with E-state index >= 15 is 0 Å². The molecule has 0 aliphatic heterocycles. The molecule has 0 saturated heterocycles. The molecule has 6 nitrogen and oxygen atoms in total. The lowest BCUT2D eigenvalue weighted by Crippen LogP contribution is -2.18. The van der Waals surface area contributed by atoms with Gasteiger partial charge in [0, 0.05) is 6.92 Å². The molecular formula is C16H15N3O3S. The van der Waals surface area contributed by atoms with E-state index in [2.05, 4.69) is 9.51 Å². The predicted molar refractivity (Wildman–Crippen MR) is 87.1 cm³/mol. The van der Waals surface area contributed by atoms with Crippen molar-refractivity contribution >= 4 is 27.2 Å². The fraction of sp³-hybridized carbons (Fsp3) is 0.125. The lowest BCUT2D eigenvalue weighted by atomic mass is 10.1. The Hall–Kier alpha value is -2.76. The minimum absolute atomic E-state index is 0.0953. The highest BCUT2D eigenvalue weighted by Gasteiger charge is 2.22. The number of Topliss-reactive ketones (excluding diaryl/α,β-unsaturated/α-hetero) is 1. The molecule has 7 heteroatoms. The standard InChI is InChI=1S/C16H15N3O3S/c1-11-7-9-13(10-8-11)23(21,22)19-15-6-4-3-5-14(15)16(20)12(2)18-17/h3-10,19H,1-2H3. The van der Waals surface area contributed by atoms with E-state index < -0.39 is 15.8 Å². The third-order valence-electron chi connectivity index (χ3n) is 3.23. The summed E-state index contributed by atoms with van der Waals surface area (Å²) >= 11 is 0. The largest absolute Gasteiger partial charge is 0.361 e. The van der Waals surface area contributed by atoms with Gasteiger partial charge < -0.3 is 5.53 Å². The van der Waals surface area contributed by atoms with Gasteiger partial charge in [0.25, 0.3) is 15.8 Å². The van der Waals surface area contributed by atoms with E-state index in [9.17, 15) is 13.2 Å². The van der Waals surface area contributed by atoms with Crippen LogP contribution in [-0.4, -0.2) is 24.7 Å². The zero-order valence-electron chi connectivity index (χ0n) is 12.6. The molecule has 1 N–H and O–H groups in total. The molecule has 2 aromatic carbocycles. The maximum Gasteiger partial charge on any atom is 0.336 e. The van der Waals surface area contributed by atoms with Crippen molar-refractivity contribution in [1.29, 1.82) is 0 Å². The topological polar surface area (TPSA) is 99.6 Å². The van der Waals surface area contributed by atoms with Gasteiger partial charge in [-0.3, -0.25) is 9.52 Å². The van der Waals surface area contributed by atoms with Crippen LogP contribution in [0, 0.1) is 6.92 Å². The zero-order chi connectivity index (χ0) is 17.0. The van der Waals surface area contributed by atoms with Crippen molar-refractivity contribution in [3.05, 3.63) is 65.2 Å². The molecular weight excluding hydrogens is 314 g/mol. The molecule has 0 aliphatic carbocycles. The Bertz CT molecular complexity index is 896. The van der Waals surface area contributed by atoms with Crippen LogP contribution in [0.3, 0.4) is 0 Å². The van der Waals surface area contributed by atoms with Crippen LogP contribution < -0.4 is 4.72 Å². The van der Waals surface area contributed by atoms with Crippen molar-refractivity contribution in [2.75, 3.05) is 4.72 Å². The van der Waals surface area contributed by atoms with Crippen LogP contribution >= 0.6 is 0 Å². The number of benzene rings is 2. The van der Waals surface area contributed by atoms with Gasteiger partial charge in [-0.25, -0.2) is 8.42 Å². The average Bonchev–Trinajstić information content (AvgIpc) is 2.54. The Balaban J connectivity index is 2.42. The van der Waals surface area contributed by atoms with Crippen LogP contribution in [-0.2, 0) is 10.0 Å². The van der Waals surface area contributed by atoms with Crippen molar-refractivity contribution in [3.63, 3.8) is 0 Å². The van der Waals surface area contributed by atoms with Crippen molar-refractivity contribution in [1.82, 2.24) is 0 Å². The Morgan fingerprint density at radius 3 is 2.30 bits per heavy atom. The number of anilines is 1. The number of nitrogens with zero attached hydrogens (tertiary/aromatic N) is 2. The van der Waals surface area contributed by atoms with Crippen LogP contribution in [0.4, 0.5) is 5.69 Å². The van der Waals surface area contributed by atoms with Gasteiger partial charge in [-0.2, -0.15) is 4.79 Å².